The largest absolute Gasteiger partial charge is 0.505 e. The fraction of sp³-hybridized carbons (Fsp3) is 0.857. The molecule has 7 atom stereocenters. The smallest absolute Gasteiger partial charge is 0.378 e. The standard InChI is InChI=1S/C28H48O12/c1-2-3-4-5-6-7-8-9-10-11-12-13-14-15-20(31)37-17-18(30)25-24(35)26(27(36)39-25)40-28-23(34)22(33)21(32)19(16-29)38-28/h18-19,21-23,25,28-30,32-35H,2-17H2,1H3/t18?,19-,21-,22+,23-,25?,28+/m1/s1. The highest BCUT2D eigenvalue weighted by molar-refractivity contribution is 5.89. The summed E-state index contributed by atoms with van der Waals surface area (Å²) in [5, 5.41) is 59.7. The van der Waals surface area contributed by atoms with Crippen molar-refractivity contribution in [3.63, 3.8) is 0 Å². The van der Waals surface area contributed by atoms with Crippen LogP contribution >= 0.6 is 0 Å². The number of aliphatic hydroxyl groups is 6. The van der Waals surface area contributed by atoms with Gasteiger partial charge < -0.3 is 49.6 Å². The van der Waals surface area contributed by atoms with E-state index in [1.807, 2.05) is 0 Å². The van der Waals surface area contributed by atoms with Gasteiger partial charge in [-0.2, -0.15) is 0 Å². The van der Waals surface area contributed by atoms with Crippen LogP contribution in [-0.2, 0) is 28.5 Å². The van der Waals surface area contributed by atoms with Gasteiger partial charge in [-0.15, -0.1) is 0 Å². The maximum absolute atomic E-state index is 12.2. The van der Waals surface area contributed by atoms with E-state index >= 15 is 0 Å². The van der Waals surface area contributed by atoms with Gasteiger partial charge in [0.25, 0.3) is 0 Å². The van der Waals surface area contributed by atoms with E-state index < -0.39 is 79.6 Å². The Bertz CT molecular complexity index is 785. The first kappa shape index (κ1) is 34.2. The molecule has 2 aliphatic rings. The molecule has 0 amide bonds. The van der Waals surface area contributed by atoms with Crippen molar-refractivity contribution in [2.45, 2.75) is 140 Å². The highest BCUT2D eigenvalue weighted by Crippen LogP contribution is 2.29. The highest BCUT2D eigenvalue weighted by atomic mass is 16.7. The van der Waals surface area contributed by atoms with Crippen LogP contribution in [0.3, 0.4) is 0 Å². The van der Waals surface area contributed by atoms with Gasteiger partial charge >= 0.3 is 11.9 Å². The third-order valence-electron chi connectivity index (χ3n) is 7.25. The number of hydrogen-bond acceptors (Lipinski definition) is 12. The number of esters is 2. The number of carbonyl (C=O) groups excluding carboxylic acids is 2. The molecule has 12 heteroatoms. The monoisotopic (exact) mass is 576 g/mol. The van der Waals surface area contributed by atoms with Crippen molar-refractivity contribution in [2.24, 2.45) is 0 Å². The Kier molecular flexibility index (Phi) is 15.8. The van der Waals surface area contributed by atoms with E-state index in [2.05, 4.69) is 6.92 Å². The normalized spacial score (nSPS) is 27.5. The van der Waals surface area contributed by atoms with Gasteiger partial charge in [-0.25, -0.2) is 4.79 Å². The van der Waals surface area contributed by atoms with Gasteiger partial charge in [0.1, 0.15) is 37.1 Å². The average Bonchev–Trinajstić information content (AvgIpc) is 3.22. The second-order valence-corrected chi connectivity index (χ2v) is 10.6. The first-order valence-electron chi connectivity index (χ1n) is 14.7. The molecule has 232 valence electrons. The van der Waals surface area contributed by atoms with E-state index in [0.29, 0.717) is 6.42 Å². The molecule has 6 N–H and O–H groups in total. The zero-order chi connectivity index (χ0) is 29.5. The first-order valence-corrected chi connectivity index (χ1v) is 14.7. The second-order valence-electron chi connectivity index (χ2n) is 10.6. The summed E-state index contributed by atoms with van der Waals surface area (Å²) in [4.78, 5) is 24.2. The van der Waals surface area contributed by atoms with Crippen molar-refractivity contribution >= 4 is 11.9 Å². The Labute approximate surface area is 235 Å². The molecular weight excluding hydrogens is 528 g/mol. The van der Waals surface area contributed by atoms with Crippen LogP contribution in [0.1, 0.15) is 96.8 Å². The lowest BCUT2D eigenvalue weighted by atomic mass is 9.99. The summed E-state index contributed by atoms with van der Waals surface area (Å²) in [6, 6.07) is 0. The SMILES string of the molecule is CCCCCCCCCCCCCCCC(=O)OCC(O)C1OC(=O)C(O[C@@H]2O[C@H](CO)[C@@H](O)[C@H](O)[C@H]2O)=C1O. The van der Waals surface area contributed by atoms with Crippen LogP contribution in [-0.4, -0.2) is 98.7 Å². The molecule has 0 bridgehead atoms. The molecule has 2 aliphatic heterocycles. The predicted molar refractivity (Wildman–Crippen MR) is 142 cm³/mol. The lowest BCUT2D eigenvalue weighted by Crippen LogP contribution is -2.59. The summed E-state index contributed by atoms with van der Waals surface area (Å²) in [5.74, 6) is -3.31. The maximum atomic E-state index is 12.2. The maximum Gasteiger partial charge on any atom is 0.378 e. The van der Waals surface area contributed by atoms with E-state index in [0.717, 1.165) is 19.3 Å². The van der Waals surface area contributed by atoms with E-state index in [-0.39, 0.29) is 6.42 Å². The van der Waals surface area contributed by atoms with E-state index in [4.69, 9.17) is 18.9 Å². The van der Waals surface area contributed by atoms with Crippen LogP contribution in [0.4, 0.5) is 0 Å². The van der Waals surface area contributed by atoms with Crippen molar-refractivity contribution in [2.75, 3.05) is 13.2 Å². The first-order chi connectivity index (χ1) is 19.2. The Balaban J connectivity index is 1.62. The molecule has 12 nitrogen and oxygen atoms in total. The number of unbranched alkanes of at least 4 members (excludes halogenated alkanes) is 12. The number of cyclic esters (lactones) is 1. The summed E-state index contributed by atoms with van der Waals surface area (Å²) >= 11 is 0. The third-order valence-corrected chi connectivity index (χ3v) is 7.25. The fourth-order valence-electron chi connectivity index (χ4n) is 4.73. The zero-order valence-electron chi connectivity index (χ0n) is 23.5. The van der Waals surface area contributed by atoms with Gasteiger partial charge in [0.2, 0.25) is 12.0 Å². The Hall–Kier alpha value is -1.96. The number of hydrogen-bond donors (Lipinski definition) is 6. The Morgan fingerprint density at radius 2 is 1.43 bits per heavy atom. The number of aliphatic hydroxyl groups excluding tert-OH is 6. The lowest BCUT2D eigenvalue weighted by molar-refractivity contribution is -0.291. The molecule has 0 aromatic heterocycles. The van der Waals surface area contributed by atoms with E-state index in [1.165, 1.54) is 57.8 Å². The van der Waals surface area contributed by atoms with Gasteiger partial charge in [0.15, 0.2) is 11.9 Å². The van der Waals surface area contributed by atoms with E-state index in [9.17, 15) is 40.2 Å². The lowest BCUT2D eigenvalue weighted by Gasteiger charge is -2.39. The van der Waals surface area contributed by atoms with Crippen molar-refractivity contribution < 1.29 is 59.2 Å². The van der Waals surface area contributed by atoms with Gasteiger partial charge in [-0.1, -0.05) is 84.0 Å². The molecule has 1 fully saturated rings. The quantitative estimate of drug-likeness (QED) is 0.0912. The molecule has 0 saturated carbocycles. The van der Waals surface area contributed by atoms with Gasteiger partial charge in [0.05, 0.1) is 6.61 Å². The minimum absolute atomic E-state index is 0.183. The Morgan fingerprint density at radius 1 is 0.875 bits per heavy atom. The average molecular weight is 577 g/mol. The van der Waals surface area contributed by atoms with Gasteiger partial charge in [-0.05, 0) is 6.42 Å². The summed E-state index contributed by atoms with van der Waals surface area (Å²) in [6.07, 6.45) is 4.16. The van der Waals surface area contributed by atoms with Crippen LogP contribution < -0.4 is 0 Å². The number of ether oxygens (including phenoxy) is 4. The second kappa shape index (κ2) is 18.5. The van der Waals surface area contributed by atoms with Crippen LogP contribution in [0.5, 0.6) is 0 Å². The molecule has 0 aromatic carbocycles. The molecule has 0 aromatic rings. The van der Waals surface area contributed by atoms with Crippen molar-refractivity contribution in [3.05, 3.63) is 11.5 Å². The fourth-order valence-corrected chi connectivity index (χ4v) is 4.73. The molecule has 0 aliphatic carbocycles. The number of carbonyl (C=O) groups is 2. The minimum atomic E-state index is -1.82. The number of rotatable bonds is 20. The van der Waals surface area contributed by atoms with E-state index in [1.54, 1.807) is 0 Å². The van der Waals surface area contributed by atoms with Crippen molar-refractivity contribution in [3.8, 4) is 0 Å². The molecule has 2 rings (SSSR count). The van der Waals surface area contributed by atoms with Gasteiger partial charge in [0, 0.05) is 6.42 Å². The molecule has 2 heterocycles. The summed E-state index contributed by atoms with van der Waals surface area (Å²) in [6.45, 7) is 0.973. The van der Waals surface area contributed by atoms with Crippen LogP contribution in [0, 0.1) is 0 Å². The third kappa shape index (κ3) is 10.8. The topological polar surface area (TPSA) is 192 Å². The van der Waals surface area contributed by atoms with Crippen LogP contribution in [0.15, 0.2) is 11.5 Å². The molecular formula is C28H48O12. The zero-order valence-corrected chi connectivity index (χ0v) is 23.5. The van der Waals surface area contributed by atoms with Crippen molar-refractivity contribution in [1.82, 2.24) is 0 Å². The summed E-state index contributed by atoms with van der Waals surface area (Å²) < 4.78 is 20.3. The van der Waals surface area contributed by atoms with Crippen molar-refractivity contribution in [1.29, 1.82) is 0 Å². The molecule has 1 saturated heterocycles. The summed E-state index contributed by atoms with van der Waals surface area (Å²) in [5.41, 5.74) is 0. The van der Waals surface area contributed by atoms with Crippen LogP contribution in [0.2, 0.25) is 0 Å². The molecule has 40 heavy (non-hydrogen) atoms. The molecule has 0 spiro atoms. The molecule has 0 radical (unpaired) electrons. The predicted octanol–water partition coefficient (Wildman–Crippen LogP) is 1.88. The van der Waals surface area contributed by atoms with Gasteiger partial charge in [-0.3, -0.25) is 4.79 Å². The van der Waals surface area contributed by atoms with Crippen LogP contribution in [0.25, 0.3) is 0 Å². The Morgan fingerprint density at radius 3 is 1.98 bits per heavy atom. The summed E-state index contributed by atoms with van der Waals surface area (Å²) in [7, 11) is 0. The highest BCUT2D eigenvalue weighted by Gasteiger charge is 2.48. The minimum Gasteiger partial charge on any atom is -0.505 e. The molecule has 2 unspecified atom stereocenters.